The number of hydrogen-bond donors (Lipinski definition) is 2. The van der Waals surface area contributed by atoms with E-state index < -0.39 is 0 Å². The third-order valence-electron chi connectivity index (χ3n) is 2.92. The van der Waals surface area contributed by atoms with E-state index in [0.717, 1.165) is 17.7 Å². The van der Waals surface area contributed by atoms with E-state index in [2.05, 4.69) is 5.32 Å². The summed E-state index contributed by atoms with van der Waals surface area (Å²) in [4.78, 5) is 11.9. The molecule has 0 radical (unpaired) electrons. The number of hydrogen-bond acceptors (Lipinski definition) is 2. The van der Waals surface area contributed by atoms with Crippen molar-refractivity contribution in [2.24, 2.45) is 11.1 Å². The Morgan fingerprint density at radius 1 is 1.44 bits per heavy atom. The van der Waals surface area contributed by atoms with E-state index in [-0.39, 0.29) is 11.3 Å². The van der Waals surface area contributed by atoms with Crippen LogP contribution in [0.15, 0.2) is 24.3 Å². The zero-order valence-electron chi connectivity index (χ0n) is 10.2. The highest BCUT2D eigenvalue weighted by Gasteiger charge is 2.25. The van der Waals surface area contributed by atoms with Crippen molar-refractivity contribution < 1.29 is 4.79 Å². The van der Waals surface area contributed by atoms with Crippen LogP contribution in [-0.4, -0.2) is 5.91 Å². The summed E-state index contributed by atoms with van der Waals surface area (Å²) in [5, 5.41) is 2.91. The van der Waals surface area contributed by atoms with Crippen molar-refractivity contribution in [2.45, 2.75) is 33.7 Å². The van der Waals surface area contributed by atoms with Gasteiger partial charge < -0.3 is 11.1 Å². The number of amides is 1. The Hall–Kier alpha value is -1.35. The molecule has 1 rings (SSSR count). The zero-order chi connectivity index (χ0) is 12.2. The molecule has 1 aromatic carbocycles. The van der Waals surface area contributed by atoms with Gasteiger partial charge in [0.2, 0.25) is 5.91 Å². The fourth-order valence-electron chi connectivity index (χ4n) is 1.24. The van der Waals surface area contributed by atoms with Crippen LogP contribution in [0.25, 0.3) is 0 Å². The highest BCUT2D eigenvalue weighted by Crippen LogP contribution is 2.22. The first-order valence-corrected chi connectivity index (χ1v) is 5.60. The number of carbonyl (C=O) groups is 1. The predicted octanol–water partition coefficient (Wildman–Crippen LogP) is 2.52. The number of carbonyl (C=O) groups excluding carboxylic acids is 1. The van der Waals surface area contributed by atoms with Gasteiger partial charge >= 0.3 is 0 Å². The minimum Gasteiger partial charge on any atom is -0.326 e. The first-order chi connectivity index (χ1) is 7.49. The van der Waals surface area contributed by atoms with Crippen LogP contribution in [0.5, 0.6) is 0 Å². The van der Waals surface area contributed by atoms with Crippen molar-refractivity contribution in [3.63, 3.8) is 0 Å². The maximum atomic E-state index is 11.9. The van der Waals surface area contributed by atoms with Gasteiger partial charge in [-0.2, -0.15) is 0 Å². The van der Waals surface area contributed by atoms with Gasteiger partial charge in [0.25, 0.3) is 0 Å². The maximum absolute atomic E-state index is 11.9. The van der Waals surface area contributed by atoms with E-state index in [1.165, 1.54) is 0 Å². The van der Waals surface area contributed by atoms with Crippen LogP contribution >= 0.6 is 0 Å². The Bertz CT molecular complexity index is 372. The molecule has 1 amide bonds. The Kier molecular flexibility index (Phi) is 4.07. The number of nitrogens with one attached hydrogen (secondary N) is 1. The second-order valence-corrected chi connectivity index (χ2v) is 4.60. The summed E-state index contributed by atoms with van der Waals surface area (Å²) in [7, 11) is 0. The van der Waals surface area contributed by atoms with E-state index in [4.69, 9.17) is 5.73 Å². The lowest BCUT2D eigenvalue weighted by Gasteiger charge is -2.21. The van der Waals surface area contributed by atoms with Gasteiger partial charge in [0.15, 0.2) is 0 Å². The second kappa shape index (κ2) is 5.12. The van der Waals surface area contributed by atoms with E-state index in [0.29, 0.717) is 6.54 Å². The van der Waals surface area contributed by atoms with Crippen LogP contribution in [0, 0.1) is 5.41 Å². The predicted molar refractivity (Wildman–Crippen MR) is 67.0 cm³/mol. The zero-order valence-corrected chi connectivity index (χ0v) is 10.2. The summed E-state index contributed by atoms with van der Waals surface area (Å²) in [6, 6.07) is 7.63. The molecule has 0 unspecified atom stereocenters. The SMILES string of the molecule is CCC(C)(C)C(=O)Nc1cccc(CN)c1. The number of nitrogens with two attached hydrogens (primary N) is 1. The van der Waals surface area contributed by atoms with Gasteiger partial charge in [0.05, 0.1) is 0 Å². The quantitative estimate of drug-likeness (QED) is 0.819. The number of rotatable bonds is 4. The highest BCUT2D eigenvalue weighted by atomic mass is 16.2. The number of anilines is 1. The molecule has 0 atom stereocenters. The van der Waals surface area contributed by atoms with Crippen LogP contribution in [-0.2, 0) is 11.3 Å². The minimum atomic E-state index is -0.335. The highest BCUT2D eigenvalue weighted by molar-refractivity contribution is 5.94. The second-order valence-electron chi connectivity index (χ2n) is 4.60. The summed E-state index contributed by atoms with van der Waals surface area (Å²) in [6.45, 7) is 6.38. The molecule has 0 fully saturated rings. The minimum absolute atomic E-state index is 0.0455. The maximum Gasteiger partial charge on any atom is 0.230 e. The summed E-state index contributed by atoms with van der Waals surface area (Å²) in [5.41, 5.74) is 7.05. The van der Waals surface area contributed by atoms with Crippen molar-refractivity contribution in [2.75, 3.05) is 5.32 Å². The molecule has 3 N–H and O–H groups in total. The smallest absolute Gasteiger partial charge is 0.230 e. The largest absolute Gasteiger partial charge is 0.326 e. The van der Waals surface area contributed by atoms with E-state index in [9.17, 15) is 4.79 Å². The molecule has 3 nitrogen and oxygen atoms in total. The Morgan fingerprint density at radius 3 is 2.69 bits per heavy atom. The van der Waals surface area contributed by atoms with Crippen LogP contribution in [0.1, 0.15) is 32.8 Å². The molecule has 3 heteroatoms. The van der Waals surface area contributed by atoms with Gasteiger partial charge in [-0.05, 0) is 24.1 Å². The van der Waals surface area contributed by atoms with E-state index >= 15 is 0 Å². The van der Waals surface area contributed by atoms with Gasteiger partial charge in [-0.3, -0.25) is 4.79 Å². The van der Waals surface area contributed by atoms with Crippen molar-refractivity contribution in [3.8, 4) is 0 Å². The lowest BCUT2D eigenvalue weighted by atomic mass is 9.89. The fourth-order valence-corrected chi connectivity index (χ4v) is 1.24. The molecule has 16 heavy (non-hydrogen) atoms. The average Bonchev–Trinajstić information content (AvgIpc) is 2.29. The summed E-state index contributed by atoms with van der Waals surface area (Å²) in [6.07, 6.45) is 0.815. The molecule has 88 valence electrons. The molecule has 0 aromatic heterocycles. The van der Waals surface area contributed by atoms with Crippen LogP contribution < -0.4 is 11.1 Å². The molecule has 1 aromatic rings. The Morgan fingerprint density at radius 2 is 2.12 bits per heavy atom. The van der Waals surface area contributed by atoms with Crippen molar-refractivity contribution in [3.05, 3.63) is 29.8 Å². The van der Waals surface area contributed by atoms with Crippen LogP contribution in [0.2, 0.25) is 0 Å². The Balaban J connectivity index is 2.77. The van der Waals surface area contributed by atoms with E-state index in [1.54, 1.807) is 0 Å². The molecule has 0 aliphatic rings. The van der Waals surface area contributed by atoms with Crippen molar-refractivity contribution in [1.29, 1.82) is 0 Å². The molecule has 0 heterocycles. The summed E-state index contributed by atoms with van der Waals surface area (Å²) < 4.78 is 0. The van der Waals surface area contributed by atoms with Crippen molar-refractivity contribution >= 4 is 11.6 Å². The van der Waals surface area contributed by atoms with Gasteiger partial charge in [-0.25, -0.2) is 0 Å². The average molecular weight is 220 g/mol. The number of benzene rings is 1. The molecule has 0 saturated carbocycles. The third kappa shape index (κ3) is 3.07. The molecule has 0 spiro atoms. The summed E-state index contributed by atoms with van der Waals surface area (Å²) >= 11 is 0. The molecular formula is C13H20N2O. The lowest BCUT2D eigenvalue weighted by molar-refractivity contribution is -0.124. The standard InChI is InChI=1S/C13H20N2O/c1-4-13(2,3)12(16)15-11-7-5-6-10(8-11)9-14/h5-8H,4,9,14H2,1-3H3,(H,15,16). The first kappa shape index (κ1) is 12.7. The lowest BCUT2D eigenvalue weighted by Crippen LogP contribution is -2.30. The fraction of sp³-hybridized carbons (Fsp3) is 0.462. The van der Waals surface area contributed by atoms with Gasteiger partial charge in [-0.1, -0.05) is 32.9 Å². The normalized spacial score (nSPS) is 11.2. The van der Waals surface area contributed by atoms with Gasteiger partial charge in [-0.15, -0.1) is 0 Å². The monoisotopic (exact) mass is 220 g/mol. The topological polar surface area (TPSA) is 55.1 Å². The van der Waals surface area contributed by atoms with Crippen LogP contribution in [0.4, 0.5) is 5.69 Å². The van der Waals surface area contributed by atoms with Crippen molar-refractivity contribution in [1.82, 2.24) is 0 Å². The molecule has 0 saturated heterocycles. The van der Waals surface area contributed by atoms with E-state index in [1.807, 2.05) is 45.0 Å². The molecule has 0 aliphatic heterocycles. The summed E-state index contributed by atoms with van der Waals surface area (Å²) in [5.74, 6) is 0.0455. The molecule has 0 bridgehead atoms. The van der Waals surface area contributed by atoms with Gasteiger partial charge in [0.1, 0.15) is 0 Å². The molecular weight excluding hydrogens is 200 g/mol. The third-order valence-corrected chi connectivity index (χ3v) is 2.92. The van der Waals surface area contributed by atoms with Gasteiger partial charge in [0, 0.05) is 17.6 Å². The first-order valence-electron chi connectivity index (χ1n) is 5.60. The molecule has 0 aliphatic carbocycles. The Labute approximate surface area is 97.0 Å². The van der Waals surface area contributed by atoms with Crippen LogP contribution in [0.3, 0.4) is 0 Å².